The fourth-order valence-corrected chi connectivity index (χ4v) is 2.61. The minimum absolute atomic E-state index is 0.0796. The van der Waals surface area contributed by atoms with E-state index in [-0.39, 0.29) is 17.9 Å². The van der Waals surface area contributed by atoms with E-state index in [0.29, 0.717) is 22.6 Å². The summed E-state index contributed by atoms with van der Waals surface area (Å²) in [6.07, 6.45) is -3.55. The van der Waals surface area contributed by atoms with Gasteiger partial charge in [-0.05, 0) is 36.8 Å². The van der Waals surface area contributed by atoms with Gasteiger partial charge in [-0.25, -0.2) is 4.79 Å². The first-order valence-corrected chi connectivity index (χ1v) is 7.20. The fourth-order valence-electron chi connectivity index (χ4n) is 2.61. The molecular weight excluding hydrogens is 339 g/mol. The molecule has 3 aromatic rings. The number of hydrogen-bond donors (Lipinski definition) is 1. The minimum Gasteiger partial charge on any atom is -0.508 e. The summed E-state index contributed by atoms with van der Waals surface area (Å²) in [6, 6.07) is 5.81. The maximum absolute atomic E-state index is 12.9. The first kappa shape index (κ1) is 16.8. The summed E-state index contributed by atoms with van der Waals surface area (Å²) in [7, 11) is 0. The number of phenolic OH excluding ortho intramolecular Hbond substituents is 1. The van der Waals surface area contributed by atoms with E-state index < -0.39 is 22.9 Å². The molecule has 0 unspecified atom stereocenters. The fraction of sp³-hybridized carbons (Fsp3) is 0.176. The summed E-state index contributed by atoms with van der Waals surface area (Å²) in [5.41, 5.74) is -2.44. The Hall–Kier alpha value is -3.03. The van der Waals surface area contributed by atoms with E-state index in [4.69, 9.17) is 4.42 Å². The molecular formula is C17H12F3NO4. The lowest BCUT2D eigenvalue weighted by molar-refractivity contribution is -0.138. The van der Waals surface area contributed by atoms with E-state index in [1.165, 1.54) is 18.3 Å². The van der Waals surface area contributed by atoms with E-state index in [9.17, 15) is 27.9 Å². The third-order valence-corrected chi connectivity index (χ3v) is 3.88. The molecule has 0 atom stereocenters. The van der Waals surface area contributed by atoms with Crippen LogP contribution in [0.1, 0.15) is 16.7 Å². The van der Waals surface area contributed by atoms with Crippen LogP contribution in [0.5, 0.6) is 5.75 Å². The van der Waals surface area contributed by atoms with Crippen molar-refractivity contribution in [3.05, 3.63) is 74.0 Å². The van der Waals surface area contributed by atoms with Gasteiger partial charge in [0.2, 0.25) is 0 Å². The maximum Gasteiger partial charge on any atom is 0.421 e. The highest BCUT2D eigenvalue weighted by atomic mass is 19.4. The Balaban J connectivity index is 2.19. The Kier molecular flexibility index (Phi) is 3.90. The number of alkyl halides is 3. The van der Waals surface area contributed by atoms with Crippen LogP contribution in [0.25, 0.3) is 11.0 Å². The van der Waals surface area contributed by atoms with Crippen molar-refractivity contribution in [1.82, 2.24) is 4.57 Å². The monoisotopic (exact) mass is 351 g/mol. The zero-order chi connectivity index (χ0) is 18.4. The van der Waals surface area contributed by atoms with Crippen molar-refractivity contribution in [2.45, 2.75) is 19.6 Å². The van der Waals surface area contributed by atoms with Gasteiger partial charge in [-0.3, -0.25) is 4.79 Å². The van der Waals surface area contributed by atoms with Crippen LogP contribution in [0, 0.1) is 6.92 Å². The van der Waals surface area contributed by atoms with E-state index in [0.717, 1.165) is 16.7 Å². The quantitative estimate of drug-likeness (QED) is 0.721. The molecule has 0 radical (unpaired) electrons. The molecule has 1 aromatic carbocycles. The molecule has 0 saturated heterocycles. The number of fused-ring (bicyclic) bond motifs is 1. The van der Waals surface area contributed by atoms with E-state index in [1.807, 2.05) is 0 Å². The second kappa shape index (κ2) is 5.80. The third kappa shape index (κ3) is 3.02. The first-order valence-electron chi connectivity index (χ1n) is 7.20. The molecule has 8 heteroatoms. The zero-order valence-electron chi connectivity index (χ0n) is 12.9. The van der Waals surface area contributed by atoms with Gasteiger partial charge in [0.15, 0.2) is 0 Å². The third-order valence-electron chi connectivity index (χ3n) is 3.88. The zero-order valence-corrected chi connectivity index (χ0v) is 12.9. The Morgan fingerprint density at radius 1 is 1.20 bits per heavy atom. The first-order chi connectivity index (χ1) is 11.7. The molecule has 0 fully saturated rings. The highest BCUT2D eigenvalue weighted by molar-refractivity contribution is 5.84. The number of aromatic hydroxyl groups is 1. The van der Waals surface area contributed by atoms with Gasteiger partial charge in [-0.2, -0.15) is 13.2 Å². The van der Waals surface area contributed by atoms with Gasteiger partial charge >= 0.3 is 11.8 Å². The van der Waals surface area contributed by atoms with Crippen molar-refractivity contribution >= 4 is 11.0 Å². The van der Waals surface area contributed by atoms with Crippen molar-refractivity contribution < 1.29 is 22.7 Å². The van der Waals surface area contributed by atoms with E-state index in [2.05, 4.69) is 0 Å². The van der Waals surface area contributed by atoms with E-state index in [1.54, 1.807) is 6.92 Å². The van der Waals surface area contributed by atoms with Gasteiger partial charge in [0, 0.05) is 23.2 Å². The Labute approximate surface area is 138 Å². The van der Waals surface area contributed by atoms with Crippen LogP contribution in [-0.2, 0) is 12.7 Å². The van der Waals surface area contributed by atoms with Crippen molar-refractivity contribution in [2.75, 3.05) is 0 Å². The van der Waals surface area contributed by atoms with Crippen molar-refractivity contribution in [3.8, 4) is 5.75 Å². The average Bonchev–Trinajstić information content (AvgIpc) is 2.52. The molecule has 0 saturated carbocycles. The molecule has 2 heterocycles. The number of nitrogens with zero attached hydrogens (tertiary/aromatic N) is 1. The smallest absolute Gasteiger partial charge is 0.421 e. The molecule has 25 heavy (non-hydrogen) atoms. The van der Waals surface area contributed by atoms with Crippen LogP contribution in [0.4, 0.5) is 13.2 Å². The number of pyridine rings is 1. The van der Waals surface area contributed by atoms with Crippen LogP contribution in [0.3, 0.4) is 0 Å². The summed E-state index contributed by atoms with van der Waals surface area (Å²) in [6.45, 7) is 1.30. The summed E-state index contributed by atoms with van der Waals surface area (Å²) in [5.74, 6) is -0.0796. The Morgan fingerprint density at radius 2 is 1.92 bits per heavy atom. The summed E-state index contributed by atoms with van der Waals surface area (Å²) in [5, 5.41) is 10.1. The summed E-state index contributed by atoms with van der Waals surface area (Å²) < 4.78 is 44.6. The predicted octanol–water partition coefficient (Wildman–Crippen LogP) is 3.04. The molecule has 2 aromatic heterocycles. The topological polar surface area (TPSA) is 72.4 Å². The molecule has 0 bridgehead atoms. The van der Waals surface area contributed by atoms with Crippen molar-refractivity contribution in [1.29, 1.82) is 0 Å². The van der Waals surface area contributed by atoms with Crippen molar-refractivity contribution in [2.24, 2.45) is 0 Å². The predicted molar refractivity (Wildman–Crippen MR) is 83.7 cm³/mol. The second-order valence-electron chi connectivity index (χ2n) is 5.53. The van der Waals surface area contributed by atoms with Gasteiger partial charge in [0.1, 0.15) is 16.9 Å². The number of aromatic nitrogens is 1. The number of rotatable bonds is 2. The molecule has 0 aliphatic rings. The standard InChI is InChI=1S/C17H12F3NO4/c1-9-13(22)5-4-11-10(7-14(23)25-15(9)11)8-21-6-2-3-12(16(21)24)17(18,19)20/h2-7,22H,8H2,1H3. The molecule has 0 spiro atoms. The number of phenols is 1. The lowest BCUT2D eigenvalue weighted by Crippen LogP contribution is -2.28. The molecule has 5 nitrogen and oxygen atoms in total. The van der Waals surface area contributed by atoms with E-state index >= 15 is 0 Å². The normalized spacial score (nSPS) is 11.8. The maximum atomic E-state index is 12.9. The highest BCUT2D eigenvalue weighted by Crippen LogP contribution is 2.28. The molecule has 3 rings (SSSR count). The van der Waals surface area contributed by atoms with Crippen LogP contribution in [-0.4, -0.2) is 9.67 Å². The van der Waals surface area contributed by atoms with Gasteiger partial charge in [0.05, 0.1) is 6.54 Å². The SMILES string of the molecule is Cc1c(O)ccc2c(Cn3cccc(C(F)(F)F)c3=O)cc(=O)oc12. The summed E-state index contributed by atoms with van der Waals surface area (Å²) >= 11 is 0. The second-order valence-corrected chi connectivity index (χ2v) is 5.53. The van der Waals surface area contributed by atoms with Crippen molar-refractivity contribution in [3.63, 3.8) is 0 Å². The lowest BCUT2D eigenvalue weighted by atomic mass is 10.1. The van der Waals surface area contributed by atoms with Crippen LogP contribution >= 0.6 is 0 Å². The van der Waals surface area contributed by atoms with Gasteiger partial charge in [-0.15, -0.1) is 0 Å². The van der Waals surface area contributed by atoms with Crippen LogP contribution < -0.4 is 11.2 Å². The number of hydrogen-bond acceptors (Lipinski definition) is 4. The van der Waals surface area contributed by atoms with Gasteiger partial charge in [-0.1, -0.05) is 0 Å². The molecule has 0 amide bonds. The molecule has 130 valence electrons. The molecule has 0 aliphatic heterocycles. The largest absolute Gasteiger partial charge is 0.508 e. The number of benzene rings is 1. The number of halogens is 3. The Morgan fingerprint density at radius 3 is 2.60 bits per heavy atom. The Bertz CT molecular complexity index is 1080. The van der Waals surface area contributed by atoms with Gasteiger partial charge in [0.25, 0.3) is 5.56 Å². The lowest BCUT2D eigenvalue weighted by Gasteiger charge is -2.12. The highest BCUT2D eigenvalue weighted by Gasteiger charge is 2.34. The van der Waals surface area contributed by atoms with Crippen LogP contribution in [0.15, 0.2) is 50.5 Å². The number of aryl methyl sites for hydroxylation is 1. The average molecular weight is 351 g/mol. The molecule has 0 aliphatic carbocycles. The minimum atomic E-state index is -4.76. The molecule has 1 N–H and O–H groups in total. The van der Waals surface area contributed by atoms with Gasteiger partial charge < -0.3 is 14.1 Å². The summed E-state index contributed by atoms with van der Waals surface area (Å²) in [4.78, 5) is 23.8. The van der Waals surface area contributed by atoms with Crippen LogP contribution in [0.2, 0.25) is 0 Å².